The SMILES string of the molecule is Pc1ccccc1.[Cl-].[Cl-].[PH4+].[PH4+]. The predicted octanol–water partition coefficient (Wildman–Crippen LogP) is -5.22. The lowest BCUT2D eigenvalue weighted by Gasteiger charge is -1.82. The lowest BCUT2D eigenvalue weighted by Crippen LogP contribution is -3.00. The van der Waals surface area contributed by atoms with Crippen molar-refractivity contribution in [1.82, 2.24) is 0 Å². The molecule has 0 saturated heterocycles. The van der Waals surface area contributed by atoms with Crippen molar-refractivity contribution >= 4 is 34.3 Å². The molecular weight excluding hydrogens is 236 g/mol. The number of halogens is 2. The number of hydrogen-bond acceptors (Lipinski definition) is 0. The van der Waals surface area contributed by atoms with E-state index in [2.05, 4.69) is 9.24 Å². The van der Waals surface area contributed by atoms with E-state index in [4.69, 9.17) is 0 Å². The fourth-order valence-corrected chi connectivity index (χ4v) is 0.675. The van der Waals surface area contributed by atoms with Crippen molar-refractivity contribution in [3.05, 3.63) is 30.3 Å². The highest BCUT2D eigenvalue weighted by atomic mass is 35.5. The minimum absolute atomic E-state index is 0. The van der Waals surface area contributed by atoms with E-state index >= 15 is 0 Å². The van der Waals surface area contributed by atoms with Crippen LogP contribution in [-0.4, -0.2) is 0 Å². The van der Waals surface area contributed by atoms with Crippen LogP contribution in [0, 0.1) is 0 Å². The van der Waals surface area contributed by atoms with Crippen molar-refractivity contribution in [3.8, 4) is 0 Å². The Morgan fingerprint density at radius 2 is 1.18 bits per heavy atom. The molecule has 0 heterocycles. The predicted molar refractivity (Wildman–Crippen MR) is 60.8 cm³/mol. The number of benzene rings is 1. The lowest BCUT2D eigenvalue weighted by atomic mass is 10.4. The third kappa shape index (κ3) is 11.1. The highest BCUT2D eigenvalue weighted by Gasteiger charge is 1.72. The van der Waals surface area contributed by atoms with E-state index in [1.165, 1.54) is 5.30 Å². The van der Waals surface area contributed by atoms with Crippen molar-refractivity contribution in [1.29, 1.82) is 0 Å². The Balaban J connectivity index is -0.0000000612. The number of hydrogen-bond donors (Lipinski definition) is 0. The molecule has 11 heavy (non-hydrogen) atoms. The van der Waals surface area contributed by atoms with Gasteiger partial charge in [-0.15, -0.1) is 9.24 Å². The normalized spacial score (nSPS) is 5.55. The van der Waals surface area contributed by atoms with Gasteiger partial charge < -0.3 is 24.8 Å². The maximum atomic E-state index is 2.63. The molecule has 0 saturated carbocycles. The molecule has 3 unspecified atom stereocenters. The molecule has 0 aromatic heterocycles. The molecule has 1 aromatic rings. The van der Waals surface area contributed by atoms with Crippen molar-refractivity contribution in [3.63, 3.8) is 0 Å². The zero-order valence-corrected chi connectivity index (χ0v) is 13.4. The van der Waals surface area contributed by atoms with Gasteiger partial charge in [-0.05, 0) is 25.1 Å². The first-order chi connectivity index (χ1) is 3.39. The van der Waals surface area contributed by atoms with E-state index in [-0.39, 0.29) is 44.6 Å². The monoisotopic (exact) mass is 250 g/mol. The summed E-state index contributed by atoms with van der Waals surface area (Å²) in [7, 11) is 2.63. The van der Waals surface area contributed by atoms with Crippen molar-refractivity contribution in [2.45, 2.75) is 0 Å². The standard InChI is InChI=1S/C6H7P.2ClH.2H3P/c7-6-4-2-1-3-5-6;;;;/h1-5H,7H2;2*1H;2*1H3. The Morgan fingerprint density at radius 3 is 1.36 bits per heavy atom. The molecule has 0 N–H and O–H groups in total. The molecule has 0 fully saturated rings. The molecule has 0 radical (unpaired) electrons. The van der Waals surface area contributed by atoms with Gasteiger partial charge in [0, 0.05) is 0 Å². The molecule has 0 aliphatic rings. The second-order valence-corrected chi connectivity index (χ2v) is 2.08. The van der Waals surface area contributed by atoms with Gasteiger partial charge in [-0.2, -0.15) is 0 Å². The summed E-state index contributed by atoms with van der Waals surface area (Å²) in [6.45, 7) is 0. The van der Waals surface area contributed by atoms with Crippen molar-refractivity contribution < 1.29 is 24.8 Å². The Kier molecular flexibility index (Phi) is 28.2. The molecule has 1 rings (SSSR count). The van der Waals surface area contributed by atoms with Gasteiger partial charge in [0.1, 0.15) is 0 Å². The van der Waals surface area contributed by atoms with E-state index < -0.39 is 0 Å². The summed E-state index contributed by atoms with van der Waals surface area (Å²) in [5.74, 6) is 0. The molecule has 0 amide bonds. The maximum absolute atomic E-state index is 2.63. The van der Waals surface area contributed by atoms with E-state index in [0.29, 0.717) is 0 Å². The van der Waals surface area contributed by atoms with Gasteiger partial charge >= 0.3 is 0 Å². The van der Waals surface area contributed by atoms with Gasteiger partial charge in [0.25, 0.3) is 0 Å². The Morgan fingerprint density at radius 1 is 0.818 bits per heavy atom. The first kappa shape index (κ1) is 22.7. The minimum atomic E-state index is 0. The van der Waals surface area contributed by atoms with Crippen molar-refractivity contribution in [2.24, 2.45) is 0 Å². The quantitative estimate of drug-likeness (QED) is 0.404. The third-order valence-electron chi connectivity index (χ3n) is 0.800. The highest BCUT2D eigenvalue weighted by molar-refractivity contribution is 7.27. The zero-order chi connectivity index (χ0) is 5.11. The molecular formula is C6H15Cl2P3. The van der Waals surface area contributed by atoms with Gasteiger partial charge in [0.15, 0.2) is 0 Å². The first-order valence-corrected chi connectivity index (χ1v) is 2.78. The van der Waals surface area contributed by atoms with Crippen LogP contribution in [0.3, 0.4) is 0 Å². The van der Waals surface area contributed by atoms with Crippen LogP contribution in [-0.2, 0) is 0 Å². The van der Waals surface area contributed by atoms with Crippen LogP contribution in [0.5, 0.6) is 0 Å². The summed E-state index contributed by atoms with van der Waals surface area (Å²) >= 11 is 0. The van der Waals surface area contributed by atoms with Gasteiger partial charge in [0.2, 0.25) is 0 Å². The molecule has 5 heteroatoms. The Hall–Kier alpha value is 1.09. The smallest absolute Gasteiger partial charge is 0.0303 e. The molecule has 68 valence electrons. The van der Waals surface area contributed by atoms with Gasteiger partial charge in [0.05, 0.1) is 0 Å². The summed E-state index contributed by atoms with van der Waals surface area (Å²) in [4.78, 5) is 0. The van der Waals surface area contributed by atoms with Crippen LogP contribution in [0.15, 0.2) is 30.3 Å². The Labute approximate surface area is 89.6 Å². The van der Waals surface area contributed by atoms with Crippen LogP contribution in [0.4, 0.5) is 0 Å². The first-order valence-electron chi connectivity index (χ1n) is 2.20. The van der Waals surface area contributed by atoms with Gasteiger partial charge in [-0.3, -0.25) is 0 Å². The average molecular weight is 251 g/mol. The highest BCUT2D eigenvalue weighted by Crippen LogP contribution is 1.86. The second kappa shape index (κ2) is 13.7. The molecule has 3 atom stereocenters. The van der Waals surface area contributed by atoms with Crippen molar-refractivity contribution in [2.75, 3.05) is 0 Å². The number of rotatable bonds is 0. The fraction of sp³-hybridized carbons (Fsp3) is 0. The average Bonchev–Trinajstić information content (AvgIpc) is 1.69. The second-order valence-electron chi connectivity index (χ2n) is 1.41. The van der Waals surface area contributed by atoms with Crippen LogP contribution >= 0.6 is 29.0 Å². The topological polar surface area (TPSA) is 0 Å². The molecule has 0 aliphatic heterocycles. The van der Waals surface area contributed by atoms with E-state index in [1.54, 1.807) is 0 Å². The largest absolute Gasteiger partial charge is 1.00 e. The van der Waals surface area contributed by atoms with E-state index in [9.17, 15) is 0 Å². The summed E-state index contributed by atoms with van der Waals surface area (Å²) in [5, 5.41) is 1.24. The molecule has 0 bridgehead atoms. The zero-order valence-electron chi connectivity index (χ0n) is 6.72. The van der Waals surface area contributed by atoms with Crippen LogP contribution < -0.4 is 30.1 Å². The molecule has 0 nitrogen and oxygen atoms in total. The van der Waals surface area contributed by atoms with Gasteiger partial charge in [-0.1, -0.05) is 30.3 Å². The van der Waals surface area contributed by atoms with Gasteiger partial charge in [-0.25, -0.2) is 0 Å². The summed E-state index contributed by atoms with van der Waals surface area (Å²) in [6.07, 6.45) is 0. The molecule has 0 aliphatic carbocycles. The third-order valence-corrected chi connectivity index (χ3v) is 1.18. The minimum Gasteiger partial charge on any atom is -1.00 e. The molecule has 1 aromatic carbocycles. The molecule has 0 spiro atoms. The summed E-state index contributed by atoms with van der Waals surface area (Å²) < 4.78 is 0. The van der Waals surface area contributed by atoms with E-state index in [0.717, 1.165) is 0 Å². The van der Waals surface area contributed by atoms with Crippen LogP contribution in [0.1, 0.15) is 0 Å². The maximum Gasteiger partial charge on any atom is -0.0303 e. The van der Waals surface area contributed by atoms with Crippen LogP contribution in [0.25, 0.3) is 0 Å². The fourth-order valence-electron chi connectivity index (χ4n) is 0.453. The summed E-state index contributed by atoms with van der Waals surface area (Å²) in [6, 6.07) is 10.1. The van der Waals surface area contributed by atoms with E-state index in [1.807, 2.05) is 30.3 Å². The van der Waals surface area contributed by atoms with Crippen LogP contribution in [0.2, 0.25) is 0 Å². The summed E-state index contributed by atoms with van der Waals surface area (Å²) in [5.41, 5.74) is 0. The lowest BCUT2D eigenvalue weighted by molar-refractivity contribution is -0.001000. The Bertz CT molecular complexity index is 146.